The third-order valence-electron chi connectivity index (χ3n) is 5.35. The van der Waals surface area contributed by atoms with Gasteiger partial charge in [-0.15, -0.1) is 0 Å². The Morgan fingerprint density at radius 2 is 0.741 bits per heavy atom. The highest BCUT2D eigenvalue weighted by atomic mass is 28.3. The van der Waals surface area contributed by atoms with Crippen LogP contribution in [0.25, 0.3) is 0 Å². The molecule has 0 saturated heterocycles. The van der Waals surface area contributed by atoms with Crippen molar-refractivity contribution in [1.29, 1.82) is 0 Å². The molecule has 0 aliphatic rings. The Balaban J connectivity index is 3.69. The van der Waals surface area contributed by atoms with E-state index < -0.39 is 0 Å². The van der Waals surface area contributed by atoms with Gasteiger partial charge in [0.2, 0.25) is 0 Å². The van der Waals surface area contributed by atoms with E-state index in [9.17, 15) is 0 Å². The van der Waals surface area contributed by atoms with E-state index in [1.807, 2.05) is 0 Å². The van der Waals surface area contributed by atoms with Crippen molar-refractivity contribution in [3.8, 4) is 0 Å². The van der Waals surface area contributed by atoms with E-state index in [0.717, 1.165) is 15.5 Å². The molecule has 1 aromatic rings. The molecule has 0 N–H and O–H groups in total. The van der Waals surface area contributed by atoms with Crippen LogP contribution in [0.15, 0.2) is 12.1 Å². The summed E-state index contributed by atoms with van der Waals surface area (Å²) in [5.74, 6) is 0. The molecule has 0 atom stereocenters. The smallest absolute Gasteiger partial charge is 0.0464 e. The van der Waals surface area contributed by atoms with Crippen LogP contribution in [0.5, 0.6) is 0 Å². The first-order valence-corrected chi connectivity index (χ1v) is 25.7. The Morgan fingerprint density at radius 3 is 0.963 bits per heavy atom. The molecule has 0 aromatic heterocycles. The van der Waals surface area contributed by atoms with Gasteiger partial charge in [0.1, 0.15) is 0 Å². The zero-order valence-electron chi connectivity index (χ0n) is 19.9. The summed E-state index contributed by atoms with van der Waals surface area (Å²) in [4.78, 5) is 0. The lowest BCUT2D eigenvalue weighted by molar-refractivity contribution is 1.13. The van der Waals surface area contributed by atoms with Gasteiger partial charge < -0.3 is 0 Å². The molecule has 0 unspecified atom stereocenters. The van der Waals surface area contributed by atoms with Gasteiger partial charge in [-0.05, 0) is 32.7 Å². The fourth-order valence-corrected chi connectivity index (χ4v) is 23.4. The van der Waals surface area contributed by atoms with Crippen LogP contribution in [0.3, 0.4) is 0 Å². The summed E-state index contributed by atoms with van der Waals surface area (Å²) >= 11 is 0. The van der Waals surface area contributed by atoms with Gasteiger partial charge in [0.05, 0.1) is 0 Å². The monoisotopic (exact) mass is 461 g/mol. The molecule has 149 valence electrons. The van der Waals surface area contributed by atoms with Crippen molar-refractivity contribution in [3.05, 3.63) is 34.9 Å². The summed E-state index contributed by atoms with van der Waals surface area (Å²) in [6.45, 7) is 30.3. The van der Waals surface area contributed by atoms with Crippen molar-refractivity contribution in [2.75, 3.05) is 0 Å². The van der Waals surface area contributed by atoms with Crippen LogP contribution in [0.1, 0.15) is 32.2 Å². The number of benzene rings is 1. The molecule has 0 saturated carbocycles. The van der Waals surface area contributed by atoms with Gasteiger partial charge in [-0.3, -0.25) is 0 Å². The second-order valence-electron chi connectivity index (χ2n) is 9.59. The van der Waals surface area contributed by atoms with Crippen molar-refractivity contribution >= 4 is 52.8 Å². The van der Waals surface area contributed by atoms with Gasteiger partial charge in [-0.2, -0.15) is 0 Å². The molecule has 7 radical (unpaired) electrons. The van der Waals surface area contributed by atoms with E-state index in [4.69, 9.17) is 0 Å². The van der Waals surface area contributed by atoms with Crippen LogP contribution in [0.2, 0.25) is 78.6 Å². The lowest BCUT2D eigenvalue weighted by Gasteiger charge is -2.31. The molecule has 0 aliphatic carbocycles. The van der Waals surface area contributed by atoms with Gasteiger partial charge in [0.25, 0.3) is 0 Å². The van der Waals surface area contributed by atoms with Crippen molar-refractivity contribution in [2.45, 2.75) is 94.1 Å². The van der Waals surface area contributed by atoms with Crippen molar-refractivity contribution in [3.63, 3.8) is 0 Å². The van der Waals surface area contributed by atoms with Gasteiger partial charge in [0, 0.05) is 52.8 Å². The first kappa shape index (κ1) is 25.6. The first-order valence-electron chi connectivity index (χ1n) is 10.3. The SMILES string of the molecule is C[Si](C)C(c1[c]c(C([Si](C)C)[Si](C)C)cc(C([Si](C)C)[Si](C)C)c1)[Si](C)C. The van der Waals surface area contributed by atoms with Crippen LogP contribution in [-0.4, -0.2) is 52.8 Å². The molecular formula is C21H41Si6. The molecule has 6 heteroatoms. The molecule has 1 aromatic carbocycles. The van der Waals surface area contributed by atoms with Crippen LogP contribution in [-0.2, 0) is 0 Å². The highest BCUT2D eigenvalue weighted by Gasteiger charge is 2.30. The molecule has 0 bridgehead atoms. The minimum Gasteiger partial charge on any atom is -0.0710 e. The minimum atomic E-state index is -0.341. The predicted octanol–water partition coefficient (Wildman–Crippen LogP) is 6.50. The summed E-state index contributed by atoms with van der Waals surface area (Å²) in [6, 6.07) is 9.34. The van der Waals surface area contributed by atoms with E-state index in [-0.39, 0.29) is 52.8 Å². The third kappa shape index (κ3) is 6.77. The van der Waals surface area contributed by atoms with Crippen LogP contribution in [0, 0.1) is 6.07 Å². The second-order valence-corrected chi connectivity index (χ2v) is 27.7. The zero-order valence-corrected chi connectivity index (χ0v) is 25.9. The normalized spacial score (nSPS) is 13.2. The zero-order chi connectivity index (χ0) is 21.0. The summed E-state index contributed by atoms with van der Waals surface area (Å²) in [7, 11) is -2.01. The fourth-order valence-electron chi connectivity index (χ4n) is 4.76. The Kier molecular flexibility index (Phi) is 10.5. The van der Waals surface area contributed by atoms with Gasteiger partial charge in [-0.25, -0.2) is 0 Å². The maximum atomic E-state index is 4.07. The van der Waals surface area contributed by atoms with Gasteiger partial charge >= 0.3 is 0 Å². The fraction of sp³-hybridized carbons (Fsp3) is 0.714. The maximum Gasteiger partial charge on any atom is 0.0464 e. The lowest BCUT2D eigenvalue weighted by atomic mass is 10.1. The van der Waals surface area contributed by atoms with Gasteiger partial charge in [0.15, 0.2) is 0 Å². The maximum absolute atomic E-state index is 4.07. The number of rotatable bonds is 9. The molecule has 0 heterocycles. The molecule has 1 rings (SSSR count). The molecular weight excluding hydrogens is 421 g/mol. The lowest BCUT2D eigenvalue weighted by Crippen LogP contribution is -2.33. The summed E-state index contributed by atoms with van der Waals surface area (Å²) in [6.07, 6.45) is 0. The molecule has 27 heavy (non-hydrogen) atoms. The van der Waals surface area contributed by atoms with Crippen LogP contribution in [0.4, 0.5) is 0 Å². The van der Waals surface area contributed by atoms with E-state index >= 15 is 0 Å². The first-order chi connectivity index (χ1) is 12.4. The predicted molar refractivity (Wildman–Crippen MR) is 138 cm³/mol. The molecule has 0 aliphatic heterocycles. The summed E-state index contributed by atoms with van der Waals surface area (Å²) < 4.78 is 0. The minimum absolute atomic E-state index is 0.324. The van der Waals surface area contributed by atoms with Crippen molar-refractivity contribution in [2.24, 2.45) is 0 Å². The second kappa shape index (κ2) is 11.1. The Labute approximate surface area is 181 Å². The highest BCUT2D eigenvalue weighted by Crippen LogP contribution is 2.33. The van der Waals surface area contributed by atoms with E-state index in [2.05, 4.69) is 96.8 Å². The molecule has 0 amide bonds. The van der Waals surface area contributed by atoms with Crippen LogP contribution < -0.4 is 0 Å². The Morgan fingerprint density at radius 1 is 0.481 bits per heavy atom. The van der Waals surface area contributed by atoms with E-state index in [1.54, 1.807) is 16.7 Å². The molecule has 0 nitrogen and oxygen atoms in total. The van der Waals surface area contributed by atoms with Crippen molar-refractivity contribution < 1.29 is 0 Å². The summed E-state index contributed by atoms with van der Waals surface area (Å²) in [5, 5.41) is 2.50. The third-order valence-corrected chi connectivity index (χ3v) is 24.6. The average Bonchev–Trinajstić information content (AvgIpc) is 2.44. The van der Waals surface area contributed by atoms with E-state index in [1.165, 1.54) is 0 Å². The van der Waals surface area contributed by atoms with Gasteiger partial charge in [-0.1, -0.05) is 96.3 Å². The Bertz CT molecular complexity index is 463. The van der Waals surface area contributed by atoms with Crippen molar-refractivity contribution in [1.82, 2.24) is 0 Å². The number of hydrogen-bond donors (Lipinski definition) is 0. The Hall–Kier alpha value is 0.521. The van der Waals surface area contributed by atoms with E-state index in [0.29, 0.717) is 0 Å². The van der Waals surface area contributed by atoms with Crippen LogP contribution >= 0.6 is 0 Å². The standard InChI is InChI=1S/C21H41Si6/c1-22(2)19(23(3)4)16-13-17(20(24(5)6)25(7)8)15-18(14-16)21(26(9)10)27(11)12/h13-14,19-21H,1-12H3. The highest BCUT2D eigenvalue weighted by molar-refractivity contribution is 6.79. The average molecular weight is 462 g/mol. The topological polar surface area (TPSA) is 0 Å². The largest absolute Gasteiger partial charge is 0.0710 e. The summed E-state index contributed by atoms with van der Waals surface area (Å²) in [5.41, 5.74) is 4.91. The quantitative estimate of drug-likeness (QED) is 0.368. The number of hydrogen-bond acceptors (Lipinski definition) is 0. The molecule has 0 spiro atoms. The molecule has 0 fully saturated rings.